The zero-order valence-corrected chi connectivity index (χ0v) is 12.2. The van der Waals surface area contributed by atoms with E-state index in [4.69, 9.17) is 5.84 Å². The fourth-order valence-electron chi connectivity index (χ4n) is 6.70. The predicted octanol–water partition coefficient (Wildman–Crippen LogP) is 3.39. The van der Waals surface area contributed by atoms with Crippen molar-refractivity contribution in [3.63, 3.8) is 0 Å². The van der Waals surface area contributed by atoms with Crippen LogP contribution in [0.4, 0.5) is 0 Å². The quantitative estimate of drug-likeness (QED) is 0.456. The maximum atomic E-state index is 5.87. The molecule has 0 saturated heterocycles. The smallest absolute Gasteiger partial charge is 0.0471 e. The number of rotatable bonds is 3. The molecule has 2 nitrogen and oxygen atoms in total. The van der Waals surface area contributed by atoms with Crippen LogP contribution in [0.25, 0.3) is 0 Å². The number of hydrazine groups is 1. The van der Waals surface area contributed by atoms with Gasteiger partial charge in [-0.15, -0.1) is 0 Å². The summed E-state index contributed by atoms with van der Waals surface area (Å²) in [5, 5.41) is 0. The molecule has 4 fully saturated rings. The molecule has 102 valence electrons. The van der Waals surface area contributed by atoms with Crippen LogP contribution in [0, 0.1) is 22.2 Å². The molecular weight excluding hydrogens is 220 g/mol. The van der Waals surface area contributed by atoms with Gasteiger partial charge in [-0.2, -0.15) is 0 Å². The number of hydrogen-bond donors (Lipinski definition) is 2. The highest BCUT2D eigenvalue weighted by Gasteiger charge is 2.62. The van der Waals surface area contributed by atoms with Crippen molar-refractivity contribution in [2.75, 3.05) is 0 Å². The lowest BCUT2D eigenvalue weighted by molar-refractivity contribution is -0.153. The zero-order valence-electron chi connectivity index (χ0n) is 12.2. The molecule has 0 aliphatic heterocycles. The van der Waals surface area contributed by atoms with E-state index in [0.717, 1.165) is 5.92 Å². The summed E-state index contributed by atoms with van der Waals surface area (Å²) in [5.74, 6) is 6.79. The first-order valence-corrected chi connectivity index (χ1v) is 7.41. The summed E-state index contributed by atoms with van der Waals surface area (Å²) < 4.78 is 0. The average molecular weight is 248 g/mol. The molecule has 4 bridgehead atoms. The van der Waals surface area contributed by atoms with E-state index in [1.807, 2.05) is 0 Å². The Kier molecular flexibility index (Phi) is 2.54. The maximum absolute atomic E-state index is 5.87. The fraction of sp³-hybridized carbons (Fsp3) is 0.875. The van der Waals surface area contributed by atoms with Gasteiger partial charge in [-0.1, -0.05) is 26.0 Å². The van der Waals surface area contributed by atoms with Crippen LogP contribution in [-0.2, 0) is 0 Å². The van der Waals surface area contributed by atoms with Crippen LogP contribution in [0.3, 0.4) is 0 Å². The van der Waals surface area contributed by atoms with Gasteiger partial charge in [-0.3, -0.25) is 11.3 Å². The second-order valence-corrected chi connectivity index (χ2v) is 8.44. The van der Waals surface area contributed by atoms with Gasteiger partial charge < -0.3 is 0 Å². The Hall–Kier alpha value is -0.340. The second kappa shape index (κ2) is 3.61. The van der Waals surface area contributed by atoms with Crippen LogP contribution in [0.2, 0.25) is 0 Å². The van der Waals surface area contributed by atoms with Crippen molar-refractivity contribution in [1.29, 1.82) is 0 Å². The van der Waals surface area contributed by atoms with E-state index in [2.05, 4.69) is 32.8 Å². The van der Waals surface area contributed by atoms with E-state index < -0.39 is 0 Å². The van der Waals surface area contributed by atoms with Crippen LogP contribution in [-0.4, -0.2) is 6.04 Å². The zero-order chi connectivity index (χ0) is 13.2. The molecule has 18 heavy (non-hydrogen) atoms. The lowest BCUT2D eigenvalue weighted by Gasteiger charge is -2.67. The van der Waals surface area contributed by atoms with E-state index in [-0.39, 0.29) is 0 Å². The van der Waals surface area contributed by atoms with Crippen LogP contribution >= 0.6 is 0 Å². The summed E-state index contributed by atoms with van der Waals surface area (Å²) >= 11 is 0. The first kappa shape index (κ1) is 12.7. The third-order valence-corrected chi connectivity index (χ3v) is 5.94. The summed E-state index contributed by atoms with van der Waals surface area (Å²) in [6.45, 7) is 11.3. The van der Waals surface area contributed by atoms with Gasteiger partial charge in [-0.25, -0.2) is 0 Å². The van der Waals surface area contributed by atoms with Gasteiger partial charge in [-0.05, 0) is 67.6 Å². The Labute approximate surface area is 111 Å². The Morgan fingerprint density at radius 3 is 2.11 bits per heavy atom. The molecule has 0 amide bonds. The minimum atomic E-state index is 0.305. The van der Waals surface area contributed by atoms with E-state index in [1.165, 1.54) is 44.1 Å². The molecule has 0 spiro atoms. The minimum absolute atomic E-state index is 0.305. The van der Waals surface area contributed by atoms with E-state index in [9.17, 15) is 0 Å². The first-order chi connectivity index (χ1) is 8.30. The maximum Gasteiger partial charge on any atom is 0.0471 e. The molecule has 4 rings (SSSR count). The Morgan fingerprint density at radius 1 is 1.17 bits per heavy atom. The van der Waals surface area contributed by atoms with Gasteiger partial charge in [0.25, 0.3) is 0 Å². The third kappa shape index (κ3) is 1.69. The number of nitrogens with one attached hydrogen (secondary N) is 1. The molecule has 4 saturated carbocycles. The fourth-order valence-corrected chi connectivity index (χ4v) is 6.70. The van der Waals surface area contributed by atoms with Crippen molar-refractivity contribution < 1.29 is 0 Å². The van der Waals surface area contributed by atoms with Gasteiger partial charge in [0, 0.05) is 6.04 Å². The van der Waals surface area contributed by atoms with Crippen LogP contribution < -0.4 is 11.3 Å². The SMILES string of the molecule is C=C(C)C(NN)C12CC3CC(C)(CC(C)(C3)C1)C2. The summed E-state index contributed by atoms with van der Waals surface area (Å²) in [6.07, 6.45) is 8.35. The Morgan fingerprint density at radius 2 is 1.72 bits per heavy atom. The molecule has 0 aromatic rings. The van der Waals surface area contributed by atoms with Crippen molar-refractivity contribution in [3.8, 4) is 0 Å². The standard InChI is InChI=1S/C16H28N2/c1-11(2)13(18-17)16-7-12-5-14(3,9-16)8-15(4,6-12)10-16/h12-13,18H,1,5-10,17H2,2-4H3. The molecule has 3 atom stereocenters. The van der Waals surface area contributed by atoms with Gasteiger partial charge in [0.05, 0.1) is 0 Å². The molecule has 4 aliphatic carbocycles. The van der Waals surface area contributed by atoms with Crippen molar-refractivity contribution >= 4 is 0 Å². The third-order valence-electron chi connectivity index (χ3n) is 5.94. The molecule has 3 unspecified atom stereocenters. The highest BCUT2D eigenvalue weighted by Crippen LogP contribution is 2.70. The van der Waals surface area contributed by atoms with Gasteiger partial charge in [0.1, 0.15) is 0 Å². The van der Waals surface area contributed by atoms with Crippen molar-refractivity contribution in [1.82, 2.24) is 5.43 Å². The Balaban J connectivity index is 2.00. The summed E-state index contributed by atoms with van der Waals surface area (Å²) in [5.41, 5.74) is 5.79. The normalized spacial score (nSPS) is 51.4. The molecule has 4 aliphatic rings. The summed E-state index contributed by atoms with van der Waals surface area (Å²) in [6, 6.07) is 0.305. The summed E-state index contributed by atoms with van der Waals surface area (Å²) in [7, 11) is 0. The topological polar surface area (TPSA) is 38.0 Å². The minimum Gasteiger partial charge on any atom is -0.271 e. The van der Waals surface area contributed by atoms with Gasteiger partial charge >= 0.3 is 0 Å². The van der Waals surface area contributed by atoms with Crippen molar-refractivity contribution in [2.24, 2.45) is 28.0 Å². The first-order valence-electron chi connectivity index (χ1n) is 7.41. The summed E-state index contributed by atoms with van der Waals surface area (Å²) in [4.78, 5) is 0. The molecule has 0 aromatic carbocycles. The molecule has 0 heterocycles. The van der Waals surface area contributed by atoms with E-state index >= 15 is 0 Å². The van der Waals surface area contributed by atoms with Gasteiger partial charge in [0.15, 0.2) is 0 Å². The van der Waals surface area contributed by atoms with Crippen LogP contribution in [0.1, 0.15) is 59.3 Å². The van der Waals surface area contributed by atoms with E-state index in [0.29, 0.717) is 22.3 Å². The monoisotopic (exact) mass is 248 g/mol. The molecule has 0 aromatic heterocycles. The number of hydrogen-bond acceptors (Lipinski definition) is 2. The predicted molar refractivity (Wildman–Crippen MR) is 75.8 cm³/mol. The van der Waals surface area contributed by atoms with Crippen LogP contribution in [0.15, 0.2) is 12.2 Å². The van der Waals surface area contributed by atoms with Crippen LogP contribution in [0.5, 0.6) is 0 Å². The molecule has 0 radical (unpaired) electrons. The second-order valence-electron chi connectivity index (χ2n) is 8.44. The largest absolute Gasteiger partial charge is 0.271 e. The highest BCUT2D eigenvalue weighted by molar-refractivity contribution is 5.19. The lowest BCUT2D eigenvalue weighted by atomic mass is 9.39. The van der Waals surface area contributed by atoms with Crippen molar-refractivity contribution in [3.05, 3.63) is 12.2 Å². The van der Waals surface area contributed by atoms with Crippen molar-refractivity contribution in [2.45, 2.75) is 65.3 Å². The van der Waals surface area contributed by atoms with E-state index in [1.54, 1.807) is 0 Å². The Bertz CT molecular complexity index is 369. The average Bonchev–Trinajstić information content (AvgIpc) is 2.10. The molecular formula is C16H28N2. The number of nitrogens with two attached hydrogens (primary N) is 1. The van der Waals surface area contributed by atoms with Gasteiger partial charge in [0.2, 0.25) is 0 Å². The highest BCUT2D eigenvalue weighted by atomic mass is 15.2. The molecule has 3 N–H and O–H groups in total. The molecule has 2 heteroatoms. The lowest BCUT2D eigenvalue weighted by Crippen LogP contribution is -2.62.